The monoisotopic (exact) mass is 249 g/mol. The lowest BCUT2D eigenvalue weighted by Crippen LogP contribution is -2.31. The Morgan fingerprint density at radius 1 is 1.22 bits per heavy atom. The van der Waals surface area contributed by atoms with Crippen molar-refractivity contribution in [3.05, 3.63) is 62.6 Å². The number of aromatic nitrogens is 2. The van der Waals surface area contributed by atoms with Gasteiger partial charge in [0.15, 0.2) is 0 Å². The molecule has 0 aliphatic carbocycles. The van der Waals surface area contributed by atoms with Crippen LogP contribution in [0.4, 0.5) is 10.2 Å². The Labute approximate surface area is 102 Å². The van der Waals surface area contributed by atoms with Gasteiger partial charge in [0.1, 0.15) is 11.6 Å². The highest BCUT2D eigenvalue weighted by molar-refractivity contribution is 5.26. The third-order valence-electron chi connectivity index (χ3n) is 2.60. The Morgan fingerprint density at radius 3 is 2.50 bits per heavy atom. The second kappa shape index (κ2) is 4.87. The van der Waals surface area contributed by atoms with Gasteiger partial charge in [-0.2, -0.15) is 0 Å². The Bertz CT molecular complexity index is 658. The van der Waals surface area contributed by atoms with Gasteiger partial charge in [0.2, 0.25) is 0 Å². The van der Waals surface area contributed by atoms with Crippen LogP contribution in [0.25, 0.3) is 0 Å². The van der Waals surface area contributed by atoms with Gasteiger partial charge < -0.3 is 5.73 Å². The van der Waals surface area contributed by atoms with Crippen LogP contribution in [0.3, 0.4) is 0 Å². The largest absolute Gasteiger partial charge is 0.385 e. The van der Waals surface area contributed by atoms with Crippen LogP contribution in [-0.4, -0.2) is 9.55 Å². The van der Waals surface area contributed by atoms with Gasteiger partial charge in [0, 0.05) is 12.6 Å². The molecule has 0 amide bonds. The first-order valence-electron chi connectivity index (χ1n) is 5.40. The second-order valence-corrected chi connectivity index (χ2v) is 3.89. The minimum Gasteiger partial charge on any atom is -0.385 e. The molecule has 3 N–H and O–H groups in total. The first-order chi connectivity index (χ1) is 8.56. The van der Waals surface area contributed by atoms with Crippen molar-refractivity contribution in [1.29, 1.82) is 0 Å². The molecule has 0 saturated carbocycles. The number of nitrogen functional groups attached to an aromatic ring is 1. The number of benzene rings is 1. The predicted molar refractivity (Wildman–Crippen MR) is 65.8 cm³/mol. The molecule has 1 aromatic carbocycles. The molecule has 0 radical (unpaired) electrons. The van der Waals surface area contributed by atoms with E-state index in [9.17, 15) is 14.0 Å². The number of nitrogens with zero attached hydrogens (tertiary/aromatic N) is 1. The summed E-state index contributed by atoms with van der Waals surface area (Å²) in [5.74, 6) is -0.190. The van der Waals surface area contributed by atoms with Crippen molar-refractivity contribution in [2.75, 3.05) is 5.73 Å². The lowest BCUT2D eigenvalue weighted by molar-refractivity contribution is 0.623. The molecule has 0 spiro atoms. The van der Waals surface area contributed by atoms with Crippen molar-refractivity contribution in [3.8, 4) is 0 Å². The smallest absolute Gasteiger partial charge is 0.329 e. The Kier molecular flexibility index (Phi) is 3.27. The van der Waals surface area contributed by atoms with E-state index < -0.39 is 11.2 Å². The topological polar surface area (TPSA) is 80.9 Å². The fourth-order valence-electron chi connectivity index (χ4n) is 1.66. The summed E-state index contributed by atoms with van der Waals surface area (Å²) in [4.78, 5) is 24.6. The highest BCUT2D eigenvalue weighted by Gasteiger charge is 2.03. The third-order valence-corrected chi connectivity index (χ3v) is 2.60. The lowest BCUT2D eigenvalue weighted by atomic mass is 10.1. The van der Waals surface area contributed by atoms with E-state index in [0.29, 0.717) is 13.0 Å². The molecule has 94 valence electrons. The highest BCUT2D eigenvalue weighted by Crippen LogP contribution is 2.05. The summed E-state index contributed by atoms with van der Waals surface area (Å²) >= 11 is 0. The summed E-state index contributed by atoms with van der Waals surface area (Å²) in [5, 5.41) is 0. The van der Waals surface area contributed by atoms with Crippen molar-refractivity contribution in [3.63, 3.8) is 0 Å². The van der Waals surface area contributed by atoms with Crippen LogP contribution in [0, 0.1) is 5.82 Å². The number of aryl methyl sites for hydroxylation is 1. The fourth-order valence-corrected chi connectivity index (χ4v) is 1.66. The average Bonchev–Trinajstić information content (AvgIpc) is 2.30. The first-order valence-corrected chi connectivity index (χ1v) is 5.40. The molecule has 0 fully saturated rings. The number of nitrogens with one attached hydrogen (secondary N) is 1. The van der Waals surface area contributed by atoms with Gasteiger partial charge in [-0.05, 0) is 24.1 Å². The Balaban J connectivity index is 2.18. The standard InChI is InChI=1S/C12H12FN3O2/c13-9-3-1-8(2-4-9)5-6-16-10(14)7-11(17)15-12(16)18/h1-4,7H,5-6,14H2,(H,15,17,18). The van der Waals surface area contributed by atoms with Crippen molar-refractivity contribution in [1.82, 2.24) is 9.55 Å². The number of hydrogen-bond donors (Lipinski definition) is 2. The van der Waals surface area contributed by atoms with Crippen molar-refractivity contribution >= 4 is 5.82 Å². The summed E-state index contributed by atoms with van der Waals surface area (Å²) in [6.07, 6.45) is 0.524. The van der Waals surface area contributed by atoms with Crippen LogP contribution in [0.5, 0.6) is 0 Å². The number of anilines is 1. The zero-order valence-corrected chi connectivity index (χ0v) is 9.52. The maximum absolute atomic E-state index is 12.7. The van der Waals surface area contributed by atoms with E-state index in [1.165, 1.54) is 16.7 Å². The second-order valence-electron chi connectivity index (χ2n) is 3.89. The predicted octanol–water partition coefficient (Wildman–Crippen LogP) is 0.501. The van der Waals surface area contributed by atoms with Crippen molar-refractivity contribution < 1.29 is 4.39 Å². The summed E-state index contributed by atoms with van der Waals surface area (Å²) in [6, 6.07) is 7.15. The zero-order valence-electron chi connectivity index (χ0n) is 9.52. The molecule has 2 aromatic rings. The van der Waals surface area contributed by atoms with E-state index >= 15 is 0 Å². The van der Waals surface area contributed by atoms with E-state index in [4.69, 9.17) is 5.73 Å². The zero-order chi connectivity index (χ0) is 13.1. The van der Waals surface area contributed by atoms with E-state index in [1.807, 2.05) is 0 Å². The SMILES string of the molecule is Nc1cc(=O)[nH]c(=O)n1CCc1ccc(F)cc1. The van der Waals surface area contributed by atoms with Gasteiger partial charge >= 0.3 is 5.69 Å². The van der Waals surface area contributed by atoms with Crippen LogP contribution in [0.1, 0.15) is 5.56 Å². The normalized spacial score (nSPS) is 10.5. The summed E-state index contributed by atoms with van der Waals surface area (Å²) in [7, 11) is 0. The summed E-state index contributed by atoms with van der Waals surface area (Å²) < 4.78 is 14.0. The van der Waals surface area contributed by atoms with Crippen LogP contribution in [0.2, 0.25) is 0 Å². The lowest BCUT2D eigenvalue weighted by Gasteiger charge is -2.08. The Morgan fingerprint density at radius 2 is 1.89 bits per heavy atom. The maximum atomic E-state index is 12.7. The number of hydrogen-bond acceptors (Lipinski definition) is 3. The van der Waals surface area contributed by atoms with Gasteiger partial charge in [-0.1, -0.05) is 12.1 Å². The molecule has 0 atom stereocenters. The Hall–Kier alpha value is -2.37. The molecule has 0 bridgehead atoms. The molecule has 18 heavy (non-hydrogen) atoms. The molecule has 0 aliphatic rings. The summed E-state index contributed by atoms with van der Waals surface area (Å²) in [6.45, 7) is 0.326. The van der Waals surface area contributed by atoms with E-state index in [-0.39, 0.29) is 11.6 Å². The molecule has 2 rings (SSSR count). The third kappa shape index (κ3) is 2.65. The van der Waals surface area contributed by atoms with E-state index in [1.54, 1.807) is 12.1 Å². The molecular formula is C12H12FN3O2. The van der Waals surface area contributed by atoms with Crippen LogP contribution in [-0.2, 0) is 13.0 Å². The molecule has 0 aliphatic heterocycles. The minimum absolute atomic E-state index is 0.117. The molecular weight excluding hydrogens is 237 g/mol. The van der Waals surface area contributed by atoms with Gasteiger partial charge in [0.25, 0.3) is 5.56 Å². The number of H-pyrrole nitrogens is 1. The van der Waals surface area contributed by atoms with Gasteiger partial charge in [0.05, 0.1) is 0 Å². The van der Waals surface area contributed by atoms with Gasteiger partial charge in [-0.3, -0.25) is 14.3 Å². The quantitative estimate of drug-likeness (QED) is 0.831. The molecule has 1 heterocycles. The van der Waals surface area contributed by atoms with Gasteiger partial charge in [-0.15, -0.1) is 0 Å². The summed E-state index contributed by atoms with van der Waals surface area (Å²) in [5.41, 5.74) is 5.42. The number of nitrogens with two attached hydrogens (primary N) is 1. The van der Waals surface area contributed by atoms with E-state index in [2.05, 4.69) is 4.98 Å². The van der Waals surface area contributed by atoms with Crippen LogP contribution in [0.15, 0.2) is 39.9 Å². The molecule has 0 saturated heterocycles. The molecule has 1 aromatic heterocycles. The highest BCUT2D eigenvalue weighted by atomic mass is 19.1. The molecule has 5 nitrogen and oxygen atoms in total. The van der Waals surface area contributed by atoms with Crippen molar-refractivity contribution in [2.24, 2.45) is 0 Å². The number of halogens is 1. The van der Waals surface area contributed by atoms with Crippen molar-refractivity contribution in [2.45, 2.75) is 13.0 Å². The minimum atomic E-state index is -0.540. The number of aromatic amines is 1. The number of rotatable bonds is 3. The molecule has 0 unspecified atom stereocenters. The maximum Gasteiger partial charge on any atom is 0.329 e. The molecule has 6 heteroatoms. The first kappa shape index (κ1) is 12.1. The van der Waals surface area contributed by atoms with Gasteiger partial charge in [-0.25, -0.2) is 9.18 Å². The fraction of sp³-hybridized carbons (Fsp3) is 0.167. The average molecular weight is 249 g/mol. The van der Waals surface area contributed by atoms with Crippen LogP contribution < -0.4 is 17.0 Å². The van der Waals surface area contributed by atoms with E-state index in [0.717, 1.165) is 11.6 Å². The van der Waals surface area contributed by atoms with Crippen LogP contribution >= 0.6 is 0 Å².